The van der Waals surface area contributed by atoms with E-state index < -0.39 is 261 Å². The molecule has 14 atom stereocenters. The Bertz CT molecular complexity index is 3820. The first-order valence-electron chi connectivity index (χ1n) is 37.4. The van der Waals surface area contributed by atoms with Crippen LogP contribution < -0.4 is 81.0 Å². The lowest BCUT2D eigenvalue weighted by molar-refractivity contribution is -0.159. The van der Waals surface area contributed by atoms with Gasteiger partial charge in [0, 0.05) is 49.8 Å². The molecule has 43 nitrogen and oxygen atoms in total. The number of unbranched alkanes of at least 4 members (excludes halogenated alkanes) is 4. The van der Waals surface area contributed by atoms with Crippen molar-refractivity contribution in [2.24, 2.45) is 29.0 Å². The molecule has 1 aromatic heterocycles. The van der Waals surface area contributed by atoms with Crippen LogP contribution in [0.5, 0.6) is 0 Å². The zero-order valence-electron chi connectivity index (χ0n) is 65.3. The minimum atomic E-state index is -2.79. The molecular weight excluding hydrogens is 1520 g/mol. The van der Waals surface area contributed by atoms with Crippen molar-refractivity contribution in [1.29, 1.82) is 0 Å². The number of nitrogens with two attached hydrogens (primary N) is 3. The number of ether oxygens (including phenoxy) is 2. The Kier molecular flexibility index (Phi) is 41.3. The van der Waals surface area contributed by atoms with Crippen LogP contribution in [-0.2, 0) is 112 Å². The fraction of sp³-hybridized carbons (Fsp3) is 0.611. The number of esters is 2. The first-order valence-corrected chi connectivity index (χ1v) is 37.4. The number of benzene rings is 1. The van der Waals surface area contributed by atoms with Crippen LogP contribution in [0.2, 0.25) is 0 Å². The molecule has 0 aliphatic carbocycles. The fourth-order valence-electron chi connectivity index (χ4n) is 11.7. The number of fused-ring (bicyclic) bond motifs is 1. The lowest BCUT2D eigenvalue weighted by Gasteiger charge is -2.32. The summed E-state index contributed by atoms with van der Waals surface area (Å²) < 4.78 is 10.4. The Morgan fingerprint density at radius 3 is 1.80 bits per heavy atom. The average Bonchev–Trinajstić information content (AvgIpc) is 1.76. The van der Waals surface area contributed by atoms with Gasteiger partial charge in [-0.05, 0) is 82.4 Å². The number of carbonyl (C=O) groups is 20. The van der Waals surface area contributed by atoms with Crippen molar-refractivity contribution in [3.05, 3.63) is 36.0 Å². The molecule has 15 amide bonds. The van der Waals surface area contributed by atoms with Gasteiger partial charge in [0.15, 0.2) is 6.10 Å². The summed E-state index contributed by atoms with van der Waals surface area (Å²) in [5.74, 6) is -27.6. The molecule has 2 heterocycles. The van der Waals surface area contributed by atoms with Crippen molar-refractivity contribution in [1.82, 2.24) is 73.7 Å². The van der Waals surface area contributed by atoms with Crippen LogP contribution in [-0.4, -0.2) is 261 Å². The maximum atomic E-state index is 15.0. The largest absolute Gasteiger partial charge is 0.481 e. The van der Waals surface area contributed by atoms with E-state index in [1.807, 2.05) is 5.32 Å². The number of hydrogen-bond donors (Lipinski definition) is 20. The topological polar surface area (TPSA) is 682 Å². The predicted molar refractivity (Wildman–Crippen MR) is 402 cm³/mol. The molecule has 23 N–H and O–H groups in total. The Morgan fingerprint density at radius 2 is 1.20 bits per heavy atom. The molecule has 1 aromatic carbocycles. The molecule has 0 saturated carbocycles. The summed E-state index contributed by atoms with van der Waals surface area (Å²) in [6.45, 7) is 6.82. The van der Waals surface area contributed by atoms with E-state index in [-0.39, 0.29) is 45.1 Å². The molecule has 1 aliphatic rings. The number of aromatic nitrogens is 1. The Hall–Kier alpha value is -11.9. The van der Waals surface area contributed by atoms with Crippen LogP contribution in [0.25, 0.3) is 10.9 Å². The third-order valence-electron chi connectivity index (χ3n) is 18.4. The van der Waals surface area contributed by atoms with Crippen LogP contribution >= 0.6 is 0 Å². The second kappa shape index (κ2) is 48.9. The summed E-state index contributed by atoms with van der Waals surface area (Å²) in [4.78, 5) is 277. The van der Waals surface area contributed by atoms with E-state index in [1.165, 1.54) is 13.8 Å². The van der Waals surface area contributed by atoms with E-state index in [2.05, 4.69) is 82.1 Å². The second-order valence-electron chi connectivity index (χ2n) is 28.2. The van der Waals surface area contributed by atoms with E-state index in [4.69, 9.17) is 21.9 Å². The van der Waals surface area contributed by atoms with Gasteiger partial charge in [-0.25, -0.2) is 4.79 Å². The number of cyclic esters (lactones) is 1. The first kappa shape index (κ1) is 97.3. The number of para-hydroxylation sites is 1. The van der Waals surface area contributed by atoms with Crippen molar-refractivity contribution in [3.63, 3.8) is 0 Å². The van der Waals surface area contributed by atoms with Gasteiger partial charge in [-0.3, -0.25) is 91.1 Å². The van der Waals surface area contributed by atoms with Gasteiger partial charge in [0.25, 0.3) is 0 Å². The number of aliphatic hydroxyl groups excluding tert-OH is 1. The number of amides is 15. The maximum Gasteiger partial charge on any atom is 0.329 e. The molecule has 638 valence electrons. The molecule has 0 bridgehead atoms. The zero-order valence-corrected chi connectivity index (χ0v) is 65.3. The summed E-state index contributed by atoms with van der Waals surface area (Å²) in [7, 11) is 1.82. The number of carbonyl (C=O) groups excluding carboxylic acids is 17. The molecule has 1 unspecified atom stereocenters. The molecule has 43 heteroatoms. The summed E-state index contributed by atoms with van der Waals surface area (Å²) >= 11 is 0. The van der Waals surface area contributed by atoms with Gasteiger partial charge in [0.05, 0.1) is 39.5 Å². The van der Waals surface area contributed by atoms with E-state index in [0.29, 0.717) is 40.1 Å². The van der Waals surface area contributed by atoms with Crippen molar-refractivity contribution >= 4 is 129 Å². The molecule has 1 fully saturated rings. The molecule has 2 aromatic rings. The number of nitrogens with one attached hydrogen (secondary N) is 13. The van der Waals surface area contributed by atoms with Crippen LogP contribution in [0.4, 0.5) is 0 Å². The fourth-order valence-corrected chi connectivity index (χ4v) is 11.7. The van der Waals surface area contributed by atoms with Gasteiger partial charge in [-0.15, -0.1) is 0 Å². The van der Waals surface area contributed by atoms with Crippen LogP contribution in [0.3, 0.4) is 0 Å². The second-order valence-corrected chi connectivity index (χ2v) is 28.2. The lowest BCUT2D eigenvalue weighted by atomic mass is 9.98. The lowest BCUT2D eigenvalue weighted by Crippen LogP contribution is -2.64. The smallest absolute Gasteiger partial charge is 0.329 e. The normalized spacial score (nSPS) is 21.6. The minimum Gasteiger partial charge on any atom is -0.481 e. The highest BCUT2D eigenvalue weighted by Crippen LogP contribution is 2.21. The van der Waals surface area contributed by atoms with E-state index >= 15 is 0 Å². The summed E-state index contributed by atoms with van der Waals surface area (Å²) in [5.41, 5.74) is 17.8. The van der Waals surface area contributed by atoms with Crippen LogP contribution in [0.15, 0.2) is 30.5 Å². The van der Waals surface area contributed by atoms with Crippen molar-refractivity contribution < 1.29 is 126 Å². The number of nitrogens with zero attached hydrogens (tertiary/aromatic N) is 1. The highest BCUT2D eigenvalue weighted by molar-refractivity contribution is 6.02. The van der Waals surface area contributed by atoms with Gasteiger partial charge in [0.1, 0.15) is 72.6 Å². The standard InChI is InChI=1S/C72H109N17O26/c1-9-36(4)57-72(113)115-38(6)58(87-70(111)59(60(101)61(75)102)88-66(107)44(24-26-54(96)97)82-67(108)45(28-39-32-76-41-20-15-14-19-40(39)41)79-50(91)22-13-11-10-12-18-35(2)3)71(112)89(7)34-52(93)78-37(5)62(103)84-47(30-55(98)99)69(110)81-42(21-16-17-27-73)64(105)85-48(31-56(100)114-8)63(104)77-33-51(92)80-46(29-49(74)90)68(109)83-43(65(106)86-57)23-25-53(94)95/h14-15,19-20,32,35-38,42-48,57-60,76,101H,9-13,16-18,21-31,33-34,73H2,1-8H3,(H2,74,90)(H2,75,102)(H,77,104)(H,78,93)(H,79,91)(H,80,92)(H,81,110)(H,82,108)(H,83,109)(H,84,103)(H,85,105)(H,86,106)(H,87,111)(H,88,107)(H,94,95)(H,96,97)(H,98,99)/t36-,37-,38+,42-,43-,44-,45-,46-,47-,48-,57-,58-,59-,60?/m0/s1. The highest BCUT2D eigenvalue weighted by atomic mass is 16.5. The number of carboxylic acids is 3. The number of aliphatic carboxylic acids is 3. The van der Waals surface area contributed by atoms with Gasteiger partial charge in [-0.2, -0.15) is 0 Å². The Labute approximate surface area is 661 Å². The number of hydrogen-bond acceptors (Lipinski definition) is 24. The van der Waals surface area contributed by atoms with Crippen LogP contribution in [0, 0.1) is 11.8 Å². The van der Waals surface area contributed by atoms with E-state index in [9.17, 15) is 116 Å². The molecule has 0 radical (unpaired) electrons. The maximum absolute atomic E-state index is 15.0. The van der Waals surface area contributed by atoms with Gasteiger partial charge >= 0.3 is 29.8 Å². The number of aliphatic hydroxyl groups is 1. The predicted octanol–water partition coefficient (Wildman–Crippen LogP) is -5.76. The summed E-state index contributed by atoms with van der Waals surface area (Å²) in [6, 6.07) is -15.0. The van der Waals surface area contributed by atoms with Gasteiger partial charge in [0.2, 0.25) is 88.6 Å². The summed E-state index contributed by atoms with van der Waals surface area (Å²) in [5, 5.41) is 68.4. The first-order chi connectivity index (χ1) is 54.1. The molecular formula is C72H109N17O26. The minimum absolute atomic E-state index is 0.0192. The Balaban J connectivity index is 2.27. The van der Waals surface area contributed by atoms with Crippen molar-refractivity contribution in [2.45, 2.75) is 236 Å². The quantitative estimate of drug-likeness (QED) is 0.0223. The van der Waals surface area contributed by atoms with Crippen molar-refractivity contribution in [3.8, 4) is 0 Å². The number of aromatic amines is 1. The molecule has 3 rings (SSSR count). The molecule has 115 heavy (non-hydrogen) atoms. The highest BCUT2D eigenvalue weighted by Gasteiger charge is 2.43. The number of likely N-dealkylation sites (N-methyl/N-ethyl adjacent to an activating group) is 1. The van der Waals surface area contributed by atoms with Gasteiger partial charge < -0.3 is 121 Å². The molecule has 0 spiro atoms. The average molecular weight is 1630 g/mol. The third-order valence-corrected chi connectivity index (χ3v) is 18.4. The number of rotatable bonds is 36. The number of H-pyrrole nitrogens is 1. The Morgan fingerprint density at radius 1 is 0.617 bits per heavy atom. The summed E-state index contributed by atoms with van der Waals surface area (Å²) in [6.07, 6.45) is -6.24. The van der Waals surface area contributed by atoms with Crippen molar-refractivity contribution in [2.75, 3.05) is 33.8 Å². The molecule has 1 aliphatic heterocycles. The third kappa shape index (κ3) is 34.1. The number of methoxy groups -OCH3 is 1. The van der Waals surface area contributed by atoms with Gasteiger partial charge in [-0.1, -0.05) is 78.0 Å². The molecule has 1 saturated heterocycles. The number of carboxylic acid groups (broad SMARTS) is 3. The zero-order chi connectivity index (χ0) is 86.5. The number of primary amides is 2. The SMILES string of the molecule is CC[C@H](C)[C@@H]1NC(=O)[C@H](CCC(=O)O)NC(=O)[C@H](CC(N)=O)NC(=O)CNC(=O)[C@H](CC(=O)OC)NC(=O)[C@H](CCCCN)NC(=O)[C@H](CC(=O)O)NC(=O)[C@H](C)NC(=O)CN(C)C(=O)[C@@H](NC(=O)[C@@H](NC(=O)[C@H](CCC(=O)O)NC(=O)[C@H](Cc2c[nH]c3ccccc23)NC(=O)CCCCCCC(C)C)C(O)C(N)=O)[C@@H](C)OC1=O. The monoisotopic (exact) mass is 1630 g/mol. The van der Waals surface area contributed by atoms with E-state index in [1.54, 1.807) is 30.5 Å². The van der Waals surface area contributed by atoms with Crippen LogP contribution in [0.1, 0.15) is 156 Å². The van der Waals surface area contributed by atoms with E-state index in [0.717, 1.165) is 47.3 Å².